The van der Waals surface area contributed by atoms with Gasteiger partial charge in [0.15, 0.2) is 0 Å². The maximum atomic E-state index is 9.35. The van der Waals surface area contributed by atoms with E-state index in [1.165, 1.54) is 12.8 Å². The Morgan fingerprint density at radius 3 is 2.82 bits per heavy atom. The van der Waals surface area contributed by atoms with Crippen LogP contribution in [-0.4, -0.2) is 34.8 Å². The molecule has 2 atom stereocenters. The minimum Gasteiger partial charge on any atom is -0.396 e. The molecule has 1 aromatic heterocycles. The molecule has 0 radical (unpaired) electrons. The van der Waals surface area contributed by atoms with Gasteiger partial charge in [-0.3, -0.25) is 4.98 Å². The maximum Gasteiger partial charge on any atom is 0.147 e. The van der Waals surface area contributed by atoms with Gasteiger partial charge < -0.3 is 15.7 Å². The molecular weight excluding hydrogens is 216 g/mol. The first-order chi connectivity index (χ1) is 8.33. The molecule has 2 unspecified atom stereocenters. The quantitative estimate of drug-likeness (QED) is 0.738. The first-order valence-electron chi connectivity index (χ1n) is 6.20. The fourth-order valence-electron chi connectivity index (χ4n) is 2.36. The third-order valence-electron chi connectivity index (χ3n) is 3.37. The van der Waals surface area contributed by atoms with E-state index in [0.717, 1.165) is 24.5 Å². The Morgan fingerprint density at radius 1 is 1.29 bits per heavy atom. The van der Waals surface area contributed by atoms with Crippen molar-refractivity contribution in [2.45, 2.75) is 31.7 Å². The number of rotatable bonds is 4. The highest BCUT2D eigenvalue weighted by atomic mass is 16.3. The van der Waals surface area contributed by atoms with Gasteiger partial charge in [-0.05, 0) is 12.8 Å². The predicted octanol–water partition coefficient (Wildman–Crippen LogP) is 1.48. The number of anilines is 2. The zero-order valence-corrected chi connectivity index (χ0v) is 10.2. The van der Waals surface area contributed by atoms with Crippen molar-refractivity contribution in [3.05, 3.63) is 12.4 Å². The molecule has 17 heavy (non-hydrogen) atoms. The normalized spacial score (nSPS) is 24.4. The second kappa shape index (κ2) is 5.82. The van der Waals surface area contributed by atoms with Gasteiger partial charge in [0.25, 0.3) is 0 Å². The molecule has 0 aliphatic heterocycles. The lowest BCUT2D eigenvalue weighted by Gasteiger charge is -2.31. The summed E-state index contributed by atoms with van der Waals surface area (Å²) >= 11 is 0. The van der Waals surface area contributed by atoms with E-state index in [-0.39, 0.29) is 6.61 Å². The minimum absolute atomic E-state index is 0.247. The number of aliphatic hydroxyl groups is 1. The van der Waals surface area contributed by atoms with Crippen LogP contribution in [0.15, 0.2) is 12.4 Å². The van der Waals surface area contributed by atoms with Crippen LogP contribution in [0.1, 0.15) is 25.7 Å². The summed E-state index contributed by atoms with van der Waals surface area (Å²) in [6, 6.07) is 0.315. The van der Waals surface area contributed by atoms with Crippen LogP contribution >= 0.6 is 0 Å². The number of hydrogen-bond donors (Lipinski definition) is 3. The van der Waals surface area contributed by atoms with Crippen LogP contribution in [0.5, 0.6) is 0 Å². The molecule has 0 aromatic carbocycles. The Morgan fingerprint density at radius 2 is 2.06 bits per heavy atom. The van der Waals surface area contributed by atoms with Gasteiger partial charge in [0.1, 0.15) is 11.6 Å². The van der Waals surface area contributed by atoms with Crippen molar-refractivity contribution >= 4 is 11.6 Å². The monoisotopic (exact) mass is 236 g/mol. The second-order valence-corrected chi connectivity index (χ2v) is 4.52. The molecule has 1 saturated carbocycles. The van der Waals surface area contributed by atoms with E-state index < -0.39 is 0 Å². The molecule has 94 valence electrons. The minimum atomic E-state index is 0.247. The first kappa shape index (κ1) is 12.1. The van der Waals surface area contributed by atoms with Crippen LogP contribution in [0.3, 0.4) is 0 Å². The number of hydrogen-bond acceptors (Lipinski definition) is 5. The molecule has 1 aromatic rings. The number of nitrogens with one attached hydrogen (secondary N) is 2. The number of aliphatic hydroxyl groups excluding tert-OH is 1. The van der Waals surface area contributed by atoms with Crippen molar-refractivity contribution in [3.8, 4) is 0 Å². The second-order valence-electron chi connectivity index (χ2n) is 4.52. The highest BCUT2D eigenvalue weighted by molar-refractivity contribution is 5.41. The Hall–Kier alpha value is -1.36. The summed E-state index contributed by atoms with van der Waals surface area (Å²) in [5.74, 6) is 1.87. The van der Waals surface area contributed by atoms with E-state index in [2.05, 4.69) is 20.6 Å². The van der Waals surface area contributed by atoms with Gasteiger partial charge in [-0.2, -0.15) is 0 Å². The molecule has 1 fully saturated rings. The van der Waals surface area contributed by atoms with Crippen LogP contribution < -0.4 is 10.6 Å². The lowest BCUT2D eigenvalue weighted by atomic mass is 9.85. The van der Waals surface area contributed by atoms with Crippen LogP contribution in [-0.2, 0) is 0 Å². The average molecular weight is 236 g/mol. The van der Waals surface area contributed by atoms with E-state index in [4.69, 9.17) is 0 Å². The van der Waals surface area contributed by atoms with Crippen molar-refractivity contribution in [2.75, 3.05) is 24.3 Å². The van der Waals surface area contributed by atoms with Gasteiger partial charge in [-0.25, -0.2) is 4.98 Å². The van der Waals surface area contributed by atoms with Crippen molar-refractivity contribution < 1.29 is 5.11 Å². The van der Waals surface area contributed by atoms with Crippen molar-refractivity contribution in [1.29, 1.82) is 0 Å². The molecular formula is C12H20N4O. The molecule has 0 saturated heterocycles. The largest absolute Gasteiger partial charge is 0.396 e. The summed E-state index contributed by atoms with van der Waals surface area (Å²) in [7, 11) is 1.82. The van der Waals surface area contributed by atoms with E-state index in [0.29, 0.717) is 12.0 Å². The Bertz CT molecular complexity index is 358. The molecule has 0 spiro atoms. The predicted molar refractivity (Wildman–Crippen MR) is 68.0 cm³/mol. The van der Waals surface area contributed by atoms with E-state index >= 15 is 0 Å². The third kappa shape index (κ3) is 3.06. The Balaban J connectivity index is 2.02. The zero-order chi connectivity index (χ0) is 12.1. The molecule has 1 heterocycles. The fourth-order valence-corrected chi connectivity index (χ4v) is 2.36. The summed E-state index contributed by atoms with van der Waals surface area (Å²) in [6.45, 7) is 0.247. The van der Waals surface area contributed by atoms with Gasteiger partial charge in [0.05, 0.1) is 12.4 Å². The highest BCUT2D eigenvalue weighted by Crippen LogP contribution is 2.26. The molecule has 5 nitrogen and oxygen atoms in total. The number of aromatic nitrogens is 2. The summed E-state index contributed by atoms with van der Waals surface area (Å²) in [4.78, 5) is 8.51. The topological polar surface area (TPSA) is 70.1 Å². The first-order valence-corrected chi connectivity index (χ1v) is 6.20. The van der Waals surface area contributed by atoms with Crippen LogP contribution in [0.2, 0.25) is 0 Å². The van der Waals surface area contributed by atoms with Crippen molar-refractivity contribution in [1.82, 2.24) is 9.97 Å². The van der Waals surface area contributed by atoms with Crippen molar-refractivity contribution in [2.24, 2.45) is 5.92 Å². The fraction of sp³-hybridized carbons (Fsp3) is 0.667. The van der Waals surface area contributed by atoms with Crippen LogP contribution in [0.4, 0.5) is 11.6 Å². The Kier molecular flexibility index (Phi) is 4.14. The molecule has 1 aliphatic carbocycles. The lowest BCUT2D eigenvalue weighted by molar-refractivity contribution is 0.178. The summed E-state index contributed by atoms with van der Waals surface area (Å²) < 4.78 is 0. The zero-order valence-electron chi connectivity index (χ0n) is 10.2. The number of nitrogens with zero attached hydrogens (tertiary/aromatic N) is 2. The van der Waals surface area contributed by atoms with E-state index in [9.17, 15) is 5.11 Å². The highest BCUT2D eigenvalue weighted by Gasteiger charge is 2.24. The summed E-state index contributed by atoms with van der Waals surface area (Å²) in [5, 5.41) is 15.7. The maximum absolute atomic E-state index is 9.35. The van der Waals surface area contributed by atoms with Crippen LogP contribution in [0, 0.1) is 5.92 Å². The summed E-state index contributed by atoms with van der Waals surface area (Å²) in [6.07, 6.45) is 8.03. The standard InChI is InChI=1S/C12H20N4O/c1-13-11-6-14-7-12(16-11)15-10-5-3-2-4-9(10)8-17/h6-7,9-10,17H,2-5,8H2,1H3,(H2,13,15,16). The van der Waals surface area contributed by atoms with Gasteiger partial charge in [-0.15, -0.1) is 0 Å². The summed E-state index contributed by atoms with van der Waals surface area (Å²) in [5.41, 5.74) is 0. The molecule has 3 N–H and O–H groups in total. The van der Waals surface area contributed by atoms with Gasteiger partial charge in [-0.1, -0.05) is 12.8 Å². The molecule has 0 bridgehead atoms. The lowest BCUT2D eigenvalue weighted by Crippen LogP contribution is -2.34. The molecule has 1 aliphatic rings. The smallest absolute Gasteiger partial charge is 0.147 e. The van der Waals surface area contributed by atoms with Crippen LogP contribution in [0.25, 0.3) is 0 Å². The van der Waals surface area contributed by atoms with Gasteiger partial charge in [0.2, 0.25) is 0 Å². The SMILES string of the molecule is CNc1cncc(NC2CCCCC2CO)n1. The van der Waals surface area contributed by atoms with E-state index in [1.807, 2.05) is 7.05 Å². The molecule has 2 rings (SSSR count). The van der Waals surface area contributed by atoms with Gasteiger partial charge in [0, 0.05) is 25.6 Å². The molecule has 5 heteroatoms. The van der Waals surface area contributed by atoms with Gasteiger partial charge >= 0.3 is 0 Å². The molecule has 0 amide bonds. The Labute approximate surface area is 102 Å². The van der Waals surface area contributed by atoms with E-state index in [1.54, 1.807) is 12.4 Å². The third-order valence-corrected chi connectivity index (χ3v) is 3.37. The van der Waals surface area contributed by atoms with Crippen molar-refractivity contribution in [3.63, 3.8) is 0 Å². The average Bonchev–Trinajstić information content (AvgIpc) is 2.39.